The predicted octanol–water partition coefficient (Wildman–Crippen LogP) is 6.02. The van der Waals surface area contributed by atoms with Gasteiger partial charge in [0.2, 0.25) is 0 Å². The Bertz CT molecular complexity index is 1940. The lowest BCUT2D eigenvalue weighted by Crippen LogP contribution is -2.40. The summed E-state index contributed by atoms with van der Waals surface area (Å²) in [7, 11) is 0. The number of benzene rings is 3. The molecule has 0 fully saturated rings. The molecule has 1 amide bonds. The van der Waals surface area contributed by atoms with E-state index in [1.807, 2.05) is 104 Å². The third-order valence-electron chi connectivity index (χ3n) is 6.64. The molecular weight excluding hydrogens is 567 g/mol. The van der Waals surface area contributed by atoms with Crippen molar-refractivity contribution in [2.75, 3.05) is 11.9 Å². The molecule has 1 atom stereocenters. The van der Waals surface area contributed by atoms with E-state index in [2.05, 4.69) is 5.32 Å². The van der Waals surface area contributed by atoms with Gasteiger partial charge in [-0.15, -0.1) is 0 Å². The van der Waals surface area contributed by atoms with Crippen LogP contribution in [0.25, 0.3) is 6.08 Å². The van der Waals surface area contributed by atoms with Gasteiger partial charge >= 0.3 is 0 Å². The minimum Gasteiger partial charge on any atom is -0.494 e. The fourth-order valence-electron chi connectivity index (χ4n) is 4.76. The van der Waals surface area contributed by atoms with E-state index in [9.17, 15) is 9.59 Å². The number of hydrogen-bond acceptors (Lipinski definition) is 7. The fraction of sp³-hybridized carbons (Fsp3) is 0.121. The Morgan fingerprint density at radius 3 is 2.45 bits per heavy atom. The highest BCUT2D eigenvalue weighted by Gasteiger charge is 2.32. The molecule has 1 aliphatic heterocycles. The summed E-state index contributed by atoms with van der Waals surface area (Å²) < 4.78 is 13.7. The van der Waals surface area contributed by atoms with Gasteiger partial charge in [-0.05, 0) is 67.9 Å². The number of carbonyl (C=O) groups excluding carboxylic acids is 1. The number of amides is 1. The standard InChI is InChI=1S/C33H27N3O4S2/c1-3-39-24-16-14-22(15-17-24)30-29(31(37)35-23-10-6-4-7-11-23)21(2)34-33-36(30)32(38)27(42-33)20-25-18-19-28(40-25)41-26-12-8-5-9-13-26/h4-20,30H,3H2,1-2H3,(H,35,37)/b27-20+/t30-/m1/s1. The van der Waals surface area contributed by atoms with Gasteiger partial charge in [-0.25, -0.2) is 4.99 Å². The van der Waals surface area contributed by atoms with Crippen LogP contribution in [0.1, 0.15) is 31.2 Å². The van der Waals surface area contributed by atoms with Crippen molar-refractivity contribution < 1.29 is 13.9 Å². The summed E-state index contributed by atoms with van der Waals surface area (Å²) in [5, 5.41) is 3.70. The molecule has 3 heterocycles. The van der Waals surface area contributed by atoms with Gasteiger partial charge in [0.15, 0.2) is 9.89 Å². The Kier molecular flexibility index (Phi) is 7.94. The number of rotatable bonds is 8. The molecule has 7 nitrogen and oxygen atoms in total. The maximum absolute atomic E-state index is 14.0. The maximum Gasteiger partial charge on any atom is 0.271 e. The first-order valence-corrected chi connectivity index (χ1v) is 15.1. The summed E-state index contributed by atoms with van der Waals surface area (Å²) in [5.41, 5.74) is 2.14. The number of thiazole rings is 1. The summed E-state index contributed by atoms with van der Waals surface area (Å²) in [4.78, 5) is 34.0. The number of hydrogen-bond donors (Lipinski definition) is 1. The average Bonchev–Trinajstić information content (AvgIpc) is 3.57. The van der Waals surface area contributed by atoms with Crippen molar-refractivity contribution in [2.24, 2.45) is 4.99 Å². The van der Waals surface area contributed by atoms with Gasteiger partial charge in [0.25, 0.3) is 11.5 Å². The Morgan fingerprint density at radius 2 is 1.74 bits per heavy atom. The molecule has 2 aromatic heterocycles. The van der Waals surface area contributed by atoms with E-state index in [4.69, 9.17) is 14.1 Å². The van der Waals surface area contributed by atoms with Crippen molar-refractivity contribution in [1.82, 2.24) is 4.57 Å². The summed E-state index contributed by atoms with van der Waals surface area (Å²) in [6, 6.07) is 29.7. The van der Waals surface area contributed by atoms with E-state index in [0.717, 1.165) is 15.6 Å². The first kappa shape index (κ1) is 27.6. The number of para-hydroxylation sites is 1. The van der Waals surface area contributed by atoms with Gasteiger partial charge in [-0.1, -0.05) is 71.6 Å². The summed E-state index contributed by atoms with van der Waals surface area (Å²) in [6.45, 7) is 4.27. The van der Waals surface area contributed by atoms with E-state index >= 15 is 0 Å². The van der Waals surface area contributed by atoms with E-state index in [1.165, 1.54) is 23.1 Å². The zero-order chi connectivity index (χ0) is 29.1. The molecule has 0 saturated heterocycles. The molecule has 210 valence electrons. The minimum absolute atomic E-state index is 0.246. The Hall–Kier alpha value is -4.60. The normalized spacial score (nSPS) is 14.8. The van der Waals surface area contributed by atoms with Crippen LogP contribution in [0.2, 0.25) is 0 Å². The number of furan rings is 1. The number of aromatic nitrogens is 1. The highest BCUT2D eigenvalue weighted by atomic mass is 32.2. The van der Waals surface area contributed by atoms with E-state index in [0.29, 0.717) is 44.4 Å². The Morgan fingerprint density at radius 1 is 1.02 bits per heavy atom. The van der Waals surface area contributed by atoms with Crippen LogP contribution in [0.5, 0.6) is 5.75 Å². The topological polar surface area (TPSA) is 85.8 Å². The van der Waals surface area contributed by atoms with Gasteiger partial charge in [0, 0.05) is 16.7 Å². The first-order valence-electron chi connectivity index (χ1n) is 13.4. The van der Waals surface area contributed by atoms with Crippen LogP contribution in [0.4, 0.5) is 5.69 Å². The molecule has 0 aliphatic carbocycles. The maximum atomic E-state index is 14.0. The van der Waals surface area contributed by atoms with Crippen molar-refractivity contribution >= 4 is 40.8 Å². The average molecular weight is 594 g/mol. The molecule has 9 heteroatoms. The second kappa shape index (κ2) is 12.1. The summed E-state index contributed by atoms with van der Waals surface area (Å²) in [5.74, 6) is 0.963. The SMILES string of the molecule is CCOc1ccc([C@@H]2C(C(=O)Nc3ccccc3)=C(C)N=c3s/c(=C/c4ccc(Sc5ccccc5)o4)c(=O)n32)cc1. The van der Waals surface area contributed by atoms with Crippen molar-refractivity contribution in [3.63, 3.8) is 0 Å². The highest BCUT2D eigenvalue weighted by molar-refractivity contribution is 7.99. The van der Waals surface area contributed by atoms with Crippen LogP contribution in [0.3, 0.4) is 0 Å². The zero-order valence-corrected chi connectivity index (χ0v) is 24.6. The lowest BCUT2D eigenvalue weighted by atomic mass is 9.95. The molecule has 0 saturated carbocycles. The predicted molar refractivity (Wildman–Crippen MR) is 166 cm³/mol. The molecule has 0 radical (unpaired) electrons. The molecule has 5 aromatic rings. The second-order valence-electron chi connectivity index (χ2n) is 9.48. The van der Waals surface area contributed by atoms with Crippen molar-refractivity contribution in [1.29, 1.82) is 0 Å². The fourth-order valence-corrected chi connectivity index (χ4v) is 6.59. The molecule has 42 heavy (non-hydrogen) atoms. The van der Waals surface area contributed by atoms with Crippen LogP contribution >= 0.6 is 23.1 Å². The number of ether oxygens (including phenoxy) is 1. The van der Waals surface area contributed by atoms with E-state index < -0.39 is 6.04 Å². The minimum atomic E-state index is -0.677. The van der Waals surface area contributed by atoms with Gasteiger partial charge < -0.3 is 14.5 Å². The molecule has 0 spiro atoms. The van der Waals surface area contributed by atoms with E-state index in [-0.39, 0.29) is 11.5 Å². The molecule has 1 aliphatic rings. The number of nitrogens with zero attached hydrogens (tertiary/aromatic N) is 2. The second-order valence-corrected chi connectivity index (χ2v) is 11.6. The van der Waals surface area contributed by atoms with E-state index in [1.54, 1.807) is 17.6 Å². The van der Waals surface area contributed by atoms with Gasteiger partial charge in [-0.3, -0.25) is 14.2 Å². The van der Waals surface area contributed by atoms with Gasteiger partial charge in [-0.2, -0.15) is 0 Å². The third kappa shape index (κ3) is 5.74. The third-order valence-corrected chi connectivity index (χ3v) is 8.55. The molecule has 0 bridgehead atoms. The van der Waals surface area contributed by atoms with Crippen LogP contribution in [0, 0.1) is 0 Å². The largest absolute Gasteiger partial charge is 0.494 e. The van der Waals surface area contributed by atoms with Gasteiger partial charge in [0.05, 0.1) is 28.5 Å². The number of carbonyl (C=O) groups is 1. The highest BCUT2D eigenvalue weighted by Crippen LogP contribution is 2.32. The van der Waals surface area contributed by atoms with Crippen LogP contribution < -0.4 is 24.9 Å². The molecule has 6 rings (SSSR count). The quantitative estimate of drug-likeness (QED) is 0.238. The van der Waals surface area contributed by atoms with Crippen molar-refractivity contribution in [2.45, 2.75) is 29.9 Å². The summed E-state index contributed by atoms with van der Waals surface area (Å²) >= 11 is 2.78. The lowest BCUT2D eigenvalue weighted by molar-refractivity contribution is -0.113. The lowest BCUT2D eigenvalue weighted by Gasteiger charge is -2.25. The number of anilines is 1. The number of fused-ring (bicyclic) bond motifs is 1. The Balaban J connectivity index is 1.41. The smallest absolute Gasteiger partial charge is 0.271 e. The van der Waals surface area contributed by atoms with Crippen molar-refractivity contribution in [3.8, 4) is 5.75 Å². The number of allylic oxidation sites excluding steroid dienone is 1. The molecule has 0 unspecified atom stereocenters. The van der Waals surface area contributed by atoms with Gasteiger partial charge in [0.1, 0.15) is 11.5 Å². The molecule has 3 aromatic carbocycles. The molecule has 1 N–H and O–H groups in total. The molecular formula is C33H27N3O4S2. The van der Waals surface area contributed by atoms with Crippen LogP contribution in [0.15, 0.2) is 133 Å². The summed E-state index contributed by atoms with van der Waals surface area (Å²) in [6.07, 6.45) is 1.73. The first-order chi connectivity index (χ1) is 20.5. The zero-order valence-electron chi connectivity index (χ0n) is 22.9. The monoisotopic (exact) mass is 593 g/mol. The number of nitrogens with one attached hydrogen (secondary N) is 1. The van der Waals surface area contributed by atoms with Crippen molar-refractivity contribution in [3.05, 3.63) is 139 Å². The van der Waals surface area contributed by atoms with Crippen LogP contribution in [-0.2, 0) is 4.79 Å². The van der Waals surface area contributed by atoms with Crippen LogP contribution in [-0.4, -0.2) is 17.1 Å². The Labute approximate surface area is 250 Å².